The van der Waals surface area contributed by atoms with Gasteiger partial charge in [-0.05, 0) is 37.6 Å². The van der Waals surface area contributed by atoms with Gasteiger partial charge in [-0.15, -0.1) is 0 Å². The van der Waals surface area contributed by atoms with E-state index >= 15 is 0 Å². The Morgan fingerprint density at radius 1 is 1.07 bits per heavy atom. The monoisotopic (exact) mass is 382 g/mol. The fraction of sp³-hybridized carbons (Fsp3) is 0.150. The van der Waals surface area contributed by atoms with E-state index in [0.29, 0.717) is 22.3 Å². The van der Waals surface area contributed by atoms with Crippen molar-refractivity contribution in [3.63, 3.8) is 0 Å². The lowest BCUT2D eigenvalue weighted by atomic mass is 10.2. The smallest absolute Gasteiger partial charge is 0.275 e. The lowest BCUT2D eigenvalue weighted by Gasteiger charge is -2.12. The van der Waals surface area contributed by atoms with E-state index in [4.69, 9.17) is 16.3 Å². The average Bonchev–Trinajstić information content (AvgIpc) is 2.67. The van der Waals surface area contributed by atoms with Crippen LogP contribution in [-0.4, -0.2) is 23.0 Å². The quantitative estimate of drug-likeness (QED) is 0.665. The number of halogens is 1. The summed E-state index contributed by atoms with van der Waals surface area (Å²) in [6, 6.07) is 11.3. The molecule has 138 valence electrons. The van der Waals surface area contributed by atoms with E-state index in [-0.39, 0.29) is 11.6 Å². The van der Waals surface area contributed by atoms with Crippen LogP contribution in [0.25, 0.3) is 0 Å². The number of rotatable bonds is 5. The molecule has 2 aromatic carbocycles. The average molecular weight is 383 g/mol. The molecular formula is C20H19ClN4O2. The van der Waals surface area contributed by atoms with Crippen LogP contribution in [0, 0.1) is 13.8 Å². The number of carbonyl (C=O) groups is 1. The van der Waals surface area contributed by atoms with Crippen LogP contribution in [0.3, 0.4) is 0 Å². The first-order valence-electron chi connectivity index (χ1n) is 8.27. The normalized spacial score (nSPS) is 10.4. The molecule has 0 aliphatic carbocycles. The molecular weight excluding hydrogens is 364 g/mol. The molecule has 0 aliphatic heterocycles. The molecule has 0 unspecified atom stereocenters. The summed E-state index contributed by atoms with van der Waals surface area (Å²) in [4.78, 5) is 20.9. The number of hydrogen-bond donors (Lipinski definition) is 2. The van der Waals surface area contributed by atoms with Gasteiger partial charge in [-0.25, -0.2) is 9.97 Å². The highest BCUT2D eigenvalue weighted by molar-refractivity contribution is 6.31. The van der Waals surface area contributed by atoms with Gasteiger partial charge in [-0.2, -0.15) is 0 Å². The van der Waals surface area contributed by atoms with Crippen LogP contribution in [-0.2, 0) is 0 Å². The van der Waals surface area contributed by atoms with Gasteiger partial charge in [0, 0.05) is 16.8 Å². The van der Waals surface area contributed by atoms with E-state index in [2.05, 4.69) is 20.6 Å². The molecule has 3 aromatic rings. The summed E-state index contributed by atoms with van der Waals surface area (Å²) < 4.78 is 5.27. The zero-order valence-corrected chi connectivity index (χ0v) is 16.0. The van der Waals surface area contributed by atoms with Crippen molar-refractivity contribution in [2.24, 2.45) is 0 Å². The highest BCUT2D eigenvalue weighted by atomic mass is 35.5. The van der Waals surface area contributed by atoms with E-state index in [1.807, 2.05) is 38.1 Å². The van der Waals surface area contributed by atoms with Gasteiger partial charge in [0.25, 0.3) is 5.91 Å². The lowest BCUT2D eigenvalue weighted by molar-refractivity contribution is 0.102. The number of carbonyl (C=O) groups excluding carboxylic acids is 1. The van der Waals surface area contributed by atoms with E-state index in [9.17, 15) is 4.79 Å². The minimum Gasteiger partial charge on any atom is -0.495 e. The Morgan fingerprint density at radius 3 is 2.44 bits per heavy atom. The zero-order chi connectivity index (χ0) is 19.4. The lowest BCUT2D eigenvalue weighted by Crippen LogP contribution is -2.15. The number of nitrogens with zero attached hydrogens (tertiary/aromatic N) is 2. The zero-order valence-electron chi connectivity index (χ0n) is 15.2. The summed E-state index contributed by atoms with van der Waals surface area (Å²) in [5.74, 6) is 0.643. The van der Waals surface area contributed by atoms with Crippen molar-refractivity contribution < 1.29 is 9.53 Å². The minimum absolute atomic E-state index is 0.194. The third kappa shape index (κ3) is 4.54. The van der Waals surface area contributed by atoms with Crippen LogP contribution in [0.2, 0.25) is 5.02 Å². The molecule has 0 aliphatic rings. The number of aryl methyl sites for hydroxylation is 2. The van der Waals surface area contributed by atoms with Gasteiger partial charge < -0.3 is 15.4 Å². The van der Waals surface area contributed by atoms with Crippen LogP contribution in [0.1, 0.15) is 21.6 Å². The highest BCUT2D eigenvalue weighted by Crippen LogP contribution is 2.31. The first kappa shape index (κ1) is 18.7. The Hall–Kier alpha value is -3.12. The summed E-state index contributed by atoms with van der Waals surface area (Å²) in [6.45, 7) is 3.87. The van der Waals surface area contributed by atoms with Crippen LogP contribution in [0.4, 0.5) is 17.2 Å². The van der Waals surface area contributed by atoms with Crippen LogP contribution in [0.15, 0.2) is 48.8 Å². The predicted molar refractivity (Wildman–Crippen MR) is 107 cm³/mol. The van der Waals surface area contributed by atoms with Crippen molar-refractivity contribution >= 4 is 34.7 Å². The Bertz CT molecular complexity index is 957. The Balaban J connectivity index is 1.72. The third-order valence-electron chi connectivity index (χ3n) is 3.94. The van der Waals surface area contributed by atoms with Crippen LogP contribution in [0.5, 0.6) is 5.75 Å². The van der Waals surface area contributed by atoms with Crippen molar-refractivity contribution in [3.8, 4) is 5.75 Å². The molecule has 1 amide bonds. The predicted octanol–water partition coefficient (Wildman–Crippen LogP) is 4.75. The minimum atomic E-state index is -0.385. The van der Waals surface area contributed by atoms with E-state index < -0.39 is 0 Å². The number of benzene rings is 2. The number of aromatic nitrogens is 2. The largest absolute Gasteiger partial charge is 0.495 e. The first-order chi connectivity index (χ1) is 13.0. The highest BCUT2D eigenvalue weighted by Gasteiger charge is 2.13. The van der Waals surface area contributed by atoms with Crippen molar-refractivity contribution in [1.29, 1.82) is 0 Å². The second-order valence-electron chi connectivity index (χ2n) is 6.03. The summed E-state index contributed by atoms with van der Waals surface area (Å²) >= 11 is 6.09. The molecule has 1 heterocycles. The summed E-state index contributed by atoms with van der Waals surface area (Å²) in [7, 11) is 1.52. The van der Waals surface area contributed by atoms with E-state index in [0.717, 1.165) is 11.3 Å². The van der Waals surface area contributed by atoms with Crippen molar-refractivity contribution in [3.05, 3.63) is 70.6 Å². The second kappa shape index (κ2) is 8.05. The summed E-state index contributed by atoms with van der Waals surface area (Å²) in [5.41, 5.74) is 3.61. The molecule has 0 bridgehead atoms. The van der Waals surface area contributed by atoms with Crippen molar-refractivity contribution in [2.45, 2.75) is 13.8 Å². The molecule has 2 N–H and O–H groups in total. The van der Waals surface area contributed by atoms with E-state index in [1.165, 1.54) is 25.1 Å². The molecule has 1 aromatic heterocycles. The van der Waals surface area contributed by atoms with Gasteiger partial charge in [0.15, 0.2) is 0 Å². The van der Waals surface area contributed by atoms with Crippen LogP contribution >= 0.6 is 11.6 Å². The number of anilines is 3. The van der Waals surface area contributed by atoms with Crippen molar-refractivity contribution in [1.82, 2.24) is 9.97 Å². The topological polar surface area (TPSA) is 76.1 Å². The SMILES string of the molecule is COc1cc(Cl)c(C)cc1NC(=O)c1cnc(Nc2ccc(C)cc2)cn1. The maximum atomic E-state index is 12.5. The Morgan fingerprint density at radius 2 is 1.81 bits per heavy atom. The maximum Gasteiger partial charge on any atom is 0.275 e. The first-order valence-corrected chi connectivity index (χ1v) is 8.65. The van der Waals surface area contributed by atoms with Gasteiger partial charge in [-0.1, -0.05) is 29.3 Å². The standard InChI is InChI=1S/C20H19ClN4O2/c1-12-4-6-14(7-5-12)24-19-11-22-17(10-23-19)20(26)25-16-8-13(2)15(21)9-18(16)27-3/h4-11H,1-3H3,(H,23,24)(H,25,26). The number of hydrogen-bond acceptors (Lipinski definition) is 5. The van der Waals surface area contributed by atoms with E-state index in [1.54, 1.807) is 12.1 Å². The molecule has 0 atom stereocenters. The molecule has 0 radical (unpaired) electrons. The Kier molecular flexibility index (Phi) is 5.57. The fourth-order valence-corrected chi connectivity index (χ4v) is 2.56. The fourth-order valence-electron chi connectivity index (χ4n) is 2.41. The third-order valence-corrected chi connectivity index (χ3v) is 4.34. The second-order valence-corrected chi connectivity index (χ2v) is 6.44. The molecule has 0 saturated carbocycles. The van der Waals surface area contributed by atoms with Crippen molar-refractivity contribution in [2.75, 3.05) is 17.7 Å². The summed E-state index contributed by atoms with van der Waals surface area (Å²) in [5, 5.41) is 6.48. The van der Waals surface area contributed by atoms with Gasteiger partial charge in [0.2, 0.25) is 0 Å². The molecule has 0 spiro atoms. The molecule has 7 heteroatoms. The molecule has 0 saturated heterocycles. The number of methoxy groups -OCH3 is 1. The summed E-state index contributed by atoms with van der Waals surface area (Å²) in [6.07, 6.45) is 2.93. The molecule has 3 rings (SSSR count). The van der Waals surface area contributed by atoms with Gasteiger partial charge in [0.05, 0.1) is 25.2 Å². The molecule has 6 nitrogen and oxygen atoms in total. The number of nitrogens with one attached hydrogen (secondary N) is 2. The van der Waals surface area contributed by atoms with Gasteiger partial charge in [-0.3, -0.25) is 4.79 Å². The number of amides is 1. The van der Waals surface area contributed by atoms with Gasteiger partial charge in [0.1, 0.15) is 17.3 Å². The number of ether oxygens (including phenoxy) is 1. The molecule has 27 heavy (non-hydrogen) atoms. The maximum absolute atomic E-state index is 12.5. The Labute approximate surface area is 162 Å². The molecule has 0 fully saturated rings. The van der Waals surface area contributed by atoms with Gasteiger partial charge >= 0.3 is 0 Å². The van der Waals surface area contributed by atoms with Crippen LogP contribution < -0.4 is 15.4 Å².